The molecule has 20 heavy (non-hydrogen) atoms. The lowest BCUT2D eigenvalue weighted by molar-refractivity contribution is -0.140. The van der Waals surface area contributed by atoms with E-state index in [0.29, 0.717) is 6.54 Å². The Hall–Kier alpha value is -2.20. The van der Waals surface area contributed by atoms with Gasteiger partial charge in [-0.1, -0.05) is 37.3 Å². The second-order valence-electron chi connectivity index (χ2n) is 4.77. The van der Waals surface area contributed by atoms with Gasteiger partial charge in [0.2, 0.25) is 0 Å². The van der Waals surface area contributed by atoms with E-state index in [1.807, 2.05) is 42.5 Å². The summed E-state index contributed by atoms with van der Waals surface area (Å²) in [5.41, 5.74) is 2.18. The fourth-order valence-corrected chi connectivity index (χ4v) is 2.01. The van der Waals surface area contributed by atoms with E-state index in [2.05, 4.69) is 10.3 Å². The van der Waals surface area contributed by atoms with Gasteiger partial charge in [-0.3, -0.25) is 9.78 Å². The van der Waals surface area contributed by atoms with Crippen LogP contribution in [0.3, 0.4) is 0 Å². The molecule has 104 valence electrons. The smallest absolute Gasteiger partial charge is 0.307 e. The fourth-order valence-electron chi connectivity index (χ4n) is 2.01. The first kappa shape index (κ1) is 14.2. The number of aliphatic carboxylic acids is 1. The van der Waals surface area contributed by atoms with Crippen molar-refractivity contribution in [3.8, 4) is 0 Å². The maximum atomic E-state index is 10.9. The zero-order valence-corrected chi connectivity index (χ0v) is 11.4. The standard InChI is InChI=1S/C16H18N2O2/c1-12(16(19)20)11-18-15(13-5-3-2-4-6-13)14-7-9-17-10-8-14/h2-10,12,15,18H,11H2,1H3,(H,19,20). The molecule has 0 fully saturated rings. The fraction of sp³-hybridized carbons (Fsp3) is 0.250. The van der Waals surface area contributed by atoms with Crippen LogP contribution in [-0.2, 0) is 4.79 Å². The number of carboxylic acid groups (broad SMARTS) is 1. The molecule has 1 heterocycles. The predicted octanol–water partition coefficient (Wildman–Crippen LogP) is 2.48. The molecule has 0 aliphatic rings. The summed E-state index contributed by atoms with van der Waals surface area (Å²) in [7, 11) is 0. The molecular weight excluding hydrogens is 252 g/mol. The minimum absolute atomic E-state index is 0.0269. The lowest BCUT2D eigenvalue weighted by Gasteiger charge is -2.21. The molecule has 0 saturated heterocycles. The SMILES string of the molecule is CC(CNC(c1ccccc1)c1ccncc1)C(=O)O. The van der Waals surface area contributed by atoms with Gasteiger partial charge in [0.15, 0.2) is 0 Å². The average Bonchev–Trinajstić information content (AvgIpc) is 2.49. The molecule has 1 aromatic carbocycles. The lowest BCUT2D eigenvalue weighted by atomic mass is 9.99. The topological polar surface area (TPSA) is 62.2 Å². The molecule has 0 aliphatic heterocycles. The average molecular weight is 270 g/mol. The van der Waals surface area contributed by atoms with Crippen LogP contribution in [0.5, 0.6) is 0 Å². The Kier molecular flexibility index (Phi) is 4.85. The highest BCUT2D eigenvalue weighted by atomic mass is 16.4. The molecule has 2 N–H and O–H groups in total. The molecule has 0 saturated carbocycles. The van der Waals surface area contributed by atoms with Crippen molar-refractivity contribution in [2.75, 3.05) is 6.54 Å². The molecule has 2 aromatic rings. The number of pyridine rings is 1. The van der Waals surface area contributed by atoms with Crippen molar-refractivity contribution in [3.05, 3.63) is 66.0 Å². The van der Waals surface area contributed by atoms with Gasteiger partial charge in [-0.05, 0) is 23.3 Å². The highest BCUT2D eigenvalue weighted by Gasteiger charge is 2.17. The van der Waals surface area contributed by atoms with Crippen molar-refractivity contribution < 1.29 is 9.90 Å². The Bertz CT molecular complexity index is 503. The van der Waals surface area contributed by atoms with Crippen LogP contribution in [0, 0.1) is 5.92 Å². The number of hydrogen-bond donors (Lipinski definition) is 2. The molecule has 2 atom stereocenters. The van der Waals surface area contributed by atoms with Gasteiger partial charge in [0.05, 0.1) is 12.0 Å². The first-order valence-electron chi connectivity index (χ1n) is 6.59. The van der Waals surface area contributed by atoms with Crippen LogP contribution in [0.15, 0.2) is 54.9 Å². The summed E-state index contributed by atoms with van der Waals surface area (Å²) in [6, 6.07) is 13.8. The minimum Gasteiger partial charge on any atom is -0.481 e. The van der Waals surface area contributed by atoms with Crippen molar-refractivity contribution in [1.82, 2.24) is 10.3 Å². The number of aromatic nitrogens is 1. The van der Waals surface area contributed by atoms with E-state index >= 15 is 0 Å². The third kappa shape index (κ3) is 3.65. The van der Waals surface area contributed by atoms with Crippen molar-refractivity contribution in [2.24, 2.45) is 5.92 Å². The van der Waals surface area contributed by atoms with Crippen molar-refractivity contribution in [1.29, 1.82) is 0 Å². The minimum atomic E-state index is -0.793. The van der Waals surface area contributed by atoms with Gasteiger partial charge >= 0.3 is 5.97 Å². The van der Waals surface area contributed by atoms with Crippen LogP contribution in [-0.4, -0.2) is 22.6 Å². The molecule has 0 aliphatic carbocycles. The largest absolute Gasteiger partial charge is 0.481 e. The summed E-state index contributed by atoms with van der Waals surface area (Å²) in [4.78, 5) is 15.0. The number of rotatable bonds is 6. The molecule has 2 rings (SSSR count). The summed E-state index contributed by atoms with van der Waals surface area (Å²) in [5, 5.41) is 12.3. The number of carboxylic acids is 1. The van der Waals surface area contributed by atoms with Gasteiger partial charge < -0.3 is 10.4 Å². The van der Waals surface area contributed by atoms with Gasteiger partial charge in [-0.25, -0.2) is 0 Å². The Morgan fingerprint density at radius 3 is 2.35 bits per heavy atom. The van der Waals surface area contributed by atoms with Crippen molar-refractivity contribution in [3.63, 3.8) is 0 Å². The summed E-state index contributed by atoms with van der Waals surface area (Å²) in [5.74, 6) is -1.22. The highest BCUT2D eigenvalue weighted by molar-refractivity contribution is 5.69. The van der Waals surface area contributed by atoms with Crippen LogP contribution in [0.2, 0.25) is 0 Å². The number of nitrogens with one attached hydrogen (secondary N) is 1. The van der Waals surface area contributed by atoms with Gasteiger partial charge in [0, 0.05) is 18.9 Å². The van der Waals surface area contributed by atoms with Gasteiger partial charge in [0.25, 0.3) is 0 Å². The zero-order valence-electron chi connectivity index (χ0n) is 11.4. The lowest BCUT2D eigenvalue weighted by Crippen LogP contribution is -2.30. The van der Waals surface area contributed by atoms with Crippen LogP contribution in [0.1, 0.15) is 24.1 Å². The summed E-state index contributed by atoms with van der Waals surface area (Å²) < 4.78 is 0. The zero-order chi connectivity index (χ0) is 14.4. The first-order chi connectivity index (χ1) is 9.68. The molecule has 4 heteroatoms. The van der Waals surface area contributed by atoms with Crippen molar-refractivity contribution >= 4 is 5.97 Å². The normalized spacial score (nSPS) is 13.7. The molecule has 0 radical (unpaired) electrons. The number of benzene rings is 1. The molecule has 4 nitrogen and oxygen atoms in total. The molecular formula is C16H18N2O2. The summed E-state index contributed by atoms with van der Waals surface area (Å²) in [6.07, 6.45) is 3.49. The van der Waals surface area contributed by atoms with E-state index in [1.165, 1.54) is 0 Å². The predicted molar refractivity (Wildman–Crippen MR) is 77.3 cm³/mol. The van der Waals surface area contributed by atoms with E-state index < -0.39 is 11.9 Å². The van der Waals surface area contributed by atoms with E-state index in [9.17, 15) is 4.79 Å². The molecule has 0 spiro atoms. The molecule has 1 aromatic heterocycles. The Morgan fingerprint density at radius 1 is 1.15 bits per heavy atom. The second-order valence-corrected chi connectivity index (χ2v) is 4.77. The van der Waals surface area contributed by atoms with Crippen molar-refractivity contribution in [2.45, 2.75) is 13.0 Å². The summed E-state index contributed by atoms with van der Waals surface area (Å²) >= 11 is 0. The van der Waals surface area contributed by atoms with E-state index in [1.54, 1.807) is 19.3 Å². The summed E-state index contributed by atoms with van der Waals surface area (Å²) in [6.45, 7) is 2.11. The highest BCUT2D eigenvalue weighted by Crippen LogP contribution is 2.21. The monoisotopic (exact) mass is 270 g/mol. The third-order valence-electron chi connectivity index (χ3n) is 3.22. The van der Waals surface area contributed by atoms with Crippen LogP contribution >= 0.6 is 0 Å². The van der Waals surface area contributed by atoms with E-state index in [0.717, 1.165) is 11.1 Å². The quantitative estimate of drug-likeness (QED) is 0.846. The van der Waals surface area contributed by atoms with Gasteiger partial charge in [0.1, 0.15) is 0 Å². The van der Waals surface area contributed by atoms with Crippen LogP contribution in [0.25, 0.3) is 0 Å². The molecule has 0 bridgehead atoms. The number of hydrogen-bond acceptors (Lipinski definition) is 3. The maximum Gasteiger partial charge on any atom is 0.307 e. The van der Waals surface area contributed by atoms with Gasteiger partial charge in [-0.15, -0.1) is 0 Å². The molecule has 0 amide bonds. The van der Waals surface area contributed by atoms with Gasteiger partial charge in [-0.2, -0.15) is 0 Å². The Labute approximate surface area is 118 Å². The van der Waals surface area contributed by atoms with Crippen LogP contribution in [0.4, 0.5) is 0 Å². The van der Waals surface area contributed by atoms with E-state index in [4.69, 9.17) is 5.11 Å². The van der Waals surface area contributed by atoms with Crippen LogP contribution < -0.4 is 5.32 Å². The number of nitrogens with zero attached hydrogens (tertiary/aromatic N) is 1. The first-order valence-corrected chi connectivity index (χ1v) is 6.59. The Balaban J connectivity index is 2.19. The number of carbonyl (C=O) groups is 1. The molecule has 2 unspecified atom stereocenters. The Morgan fingerprint density at radius 2 is 1.75 bits per heavy atom. The maximum absolute atomic E-state index is 10.9. The third-order valence-corrected chi connectivity index (χ3v) is 3.22. The van der Waals surface area contributed by atoms with E-state index in [-0.39, 0.29) is 6.04 Å². The second kappa shape index (κ2) is 6.82.